The highest BCUT2D eigenvalue weighted by Crippen LogP contribution is 2.39. The number of aromatic nitrogens is 2. The van der Waals surface area contributed by atoms with Crippen molar-refractivity contribution in [2.75, 3.05) is 6.61 Å². The molecule has 1 saturated carbocycles. The van der Waals surface area contributed by atoms with E-state index in [0.717, 1.165) is 36.3 Å². The van der Waals surface area contributed by atoms with Crippen molar-refractivity contribution in [1.82, 2.24) is 9.38 Å². The van der Waals surface area contributed by atoms with Gasteiger partial charge in [0.25, 0.3) is 0 Å². The molecule has 7 heteroatoms. The third-order valence-electron chi connectivity index (χ3n) is 4.81. The molecule has 1 aromatic carbocycles. The van der Waals surface area contributed by atoms with Crippen LogP contribution in [-0.2, 0) is 12.6 Å². The van der Waals surface area contributed by atoms with Gasteiger partial charge in [-0.05, 0) is 31.9 Å². The fraction of sp³-hybridized carbons (Fsp3) is 0.333. The predicted octanol–water partition coefficient (Wildman–Crippen LogP) is 5.05. The lowest BCUT2D eigenvalue weighted by molar-refractivity contribution is -0.137. The fourth-order valence-electron chi connectivity index (χ4n) is 3.22. The molecule has 0 amide bonds. The molecule has 1 fully saturated rings. The second-order valence-electron chi connectivity index (χ2n) is 6.98. The molecule has 1 aliphatic carbocycles. The molecule has 2 heterocycles. The van der Waals surface area contributed by atoms with Crippen LogP contribution in [0.5, 0.6) is 5.75 Å². The highest BCUT2D eigenvalue weighted by molar-refractivity contribution is 5.98. The summed E-state index contributed by atoms with van der Waals surface area (Å²) in [5, 5.41) is 0. The first-order valence-corrected chi connectivity index (χ1v) is 9.20. The van der Waals surface area contributed by atoms with Gasteiger partial charge in [0.2, 0.25) is 0 Å². The van der Waals surface area contributed by atoms with Crippen LogP contribution >= 0.6 is 0 Å². The van der Waals surface area contributed by atoms with Crippen molar-refractivity contribution in [3.8, 4) is 5.75 Å². The highest BCUT2D eigenvalue weighted by Gasteiger charge is 2.31. The molecule has 3 aromatic rings. The van der Waals surface area contributed by atoms with Crippen LogP contribution in [0, 0.1) is 0 Å². The number of carbonyl (C=O) groups is 1. The van der Waals surface area contributed by atoms with Crippen molar-refractivity contribution in [3.05, 3.63) is 65.1 Å². The van der Waals surface area contributed by atoms with E-state index in [9.17, 15) is 18.0 Å². The van der Waals surface area contributed by atoms with E-state index in [4.69, 9.17) is 4.74 Å². The van der Waals surface area contributed by atoms with Crippen LogP contribution in [0.2, 0.25) is 0 Å². The third kappa shape index (κ3) is 3.74. The van der Waals surface area contributed by atoms with Gasteiger partial charge in [0, 0.05) is 41.9 Å². The van der Waals surface area contributed by atoms with Crippen molar-refractivity contribution in [3.63, 3.8) is 0 Å². The molecule has 2 aromatic heterocycles. The third-order valence-corrected chi connectivity index (χ3v) is 4.81. The average molecular weight is 388 g/mol. The first-order chi connectivity index (χ1) is 13.3. The van der Waals surface area contributed by atoms with Gasteiger partial charge in [-0.2, -0.15) is 13.2 Å². The van der Waals surface area contributed by atoms with E-state index in [2.05, 4.69) is 4.98 Å². The van der Waals surface area contributed by atoms with E-state index in [-0.39, 0.29) is 12.0 Å². The van der Waals surface area contributed by atoms with Gasteiger partial charge in [0.05, 0.1) is 17.9 Å². The molecular weight excluding hydrogens is 369 g/mol. The van der Waals surface area contributed by atoms with Gasteiger partial charge in [-0.1, -0.05) is 12.1 Å². The maximum absolute atomic E-state index is 12.9. The Kier molecular flexibility index (Phi) is 4.61. The number of halogens is 3. The van der Waals surface area contributed by atoms with Gasteiger partial charge in [-0.25, -0.2) is 4.98 Å². The maximum atomic E-state index is 12.9. The lowest BCUT2D eigenvalue weighted by atomic mass is 10.0. The number of Topliss-reactive ketones (excluding diaryl/α,β-unsaturated/α-hetero) is 1. The first-order valence-electron chi connectivity index (χ1n) is 9.20. The number of imidazole rings is 1. The molecule has 0 saturated heterocycles. The topological polar surface area (TPSA) is 43.6 Å². The van der Waals surface area contributed by atoms with Crippen molar-refractivity contribution in [2.24, 2.45) is 0 Å². The highest BCUT2D eigenvalue weighted by atomic mass is 19.4. The molecule has 0 atom stereocenters. The predicted molar refractivity (Wildman–Crippen MR) is 97.8 cm³/mol. The minimum Gasteiger partial charge on any atom is -0.493 e. The van der Waals surface area contributed by atoms with Gasteiger partial charge < -0.3 is 9.14 Å². The summed E-state index contributed by atoms with van der Waals surface area (Å²) in [6, 6.07) is 6.28. The largest absolute Gasteiger partial charge is 0.493 e. The molecule has 0 aliphatic heterocycles. The molecule has 28 heavy (non-hydrogen) atoms. The Balaban J connectivity index is 1.66. The normalized spacial score (nSPS) is 14.4. The number of fused-ring (bicyclic) bond motifs is 1. The van der Waals surface area contributed by atoms with Crippen LogP contribution in [0.25, 0.3) is 5.65 Å². The molecule has 1 aliphatic rings. The van der Waals surface area contributed by atoms with Crippen molar-refractivity contribution in [2.45, 2.75) is 38.3 Å². The van der Waals surface area contributed by atoms with Crippen LogP contribution in [0.1, 0.15) is 52.9 Å². The SMILES string of the molecule is CCOc1cc2nc(C3CC3)cn2cc1CC(=O)c1cccc(C(F)(F)F)c1. The Morgan fingerprint density at radius 3 is 2.71 bits per heavy atom. The molecule has 0 bridgehead atoms. The fourth-order valence-corrected chi connectivity index (χ4v) is 3.22. The number of nitrogens with zero attached hydrogens (tertiary/aromatic N) is 2. The van der Waals surface area contributed by atoms with E-state index in [1.54, 1.807) is 12.3 Å². The number of ether oxygens (including phenoxy) is 1. The summed E-state index contributed by atoms with van der Waals surface area (Å²) in [4.78, 5) is 17.3. The van der Waals surface area contributed by atoms with Crippen LogP contribution < -0.4 is 4.74 Å². The summed E-state index contributed by atoms with van der Waals surface area (Å²) in [7, 11) is 0. The molecular formula is C21H19F3N2O2. The van der Waals surface area contributed by atoms with Gasteiger partial charge >= 0.3 is 6.18 Å². The van der Waals surface area contributed by atoms with Crippen molar-refractivity contribution >= 4 is 11.4 Å². The number of alkyl halides is 3. The number of hydrogen-bond donors (Lipinski definition) is 0. The molecule has 0 N–H and O–H groups in total. The second-order valence-corrected chi connectivity index (χ2v) is 6.98. The molecule has 0 spiro atoms. The number of rotatable bonds is 6. The quantitative estimate of drug-likeness (QED) is 0.555. The zero-order chi connectivity index (χ0) is 19.9. The lowest BCUT2D eigenvalue weighted by Gasteiger charge is -2.12. The van der Waals surface area contributed by atoms with E-state index >= 15 is 0 Å². The van der Waals surface area contributed by atoms with Crippen molar-refractivity contribution in [1.29, 1.82) is 0 Å². The molecule has 4 nitrogen and oxygen atoms in total. The number of ketones is 1. The Bertz CT molecular complexity index is 1040. The lowest BCUT2D eigenvalue weighted by Crippen LogP contribution is -2.10. The number of hydrogen-bond acceptors (Lipinski definition) is 3. The monoisotopic (exact) mass is 388 g/mol. The maximum Gasteiger partial charge on any atom is 0.416 e. The molecule has 0 unspecified atom stereocenters. The number of pyridine rings is 1. The van der Waals surface area contributed by atoms with E-state index in [1.807, 2.05) is 17.5 Å². The van der Waals surface area contributed by atoms with Gasteiger partial charge in [0.15, 0.2) is 5.78 Å². The Hall–Kier alpha value is -2.83. The van der Waals surface area contributed by atoms with Crippen LogP contribution in [-0.4, -0.2) is 21.8 Å². The Labute approximate surface area is 160 Å². The standard InChI is InChI=1S/C21H19F3N2O2/c1-2-28-19-10-20-25-17(13-6-7-13)12-26(20)11-15(19)9-18(27)14-4-3-5-16(8-14)21(22,23)24/h3-5,8,10-13H,2,6-7,9H2,1H3. The van der Waals surface area contributed by atoms with E-state index in [1.165, 1.54) is 12.1 Å². The number of benzene rings is 1. The summed E-state index contributed by atoms with van der Waals surface area (Å²) >= 11 is 0. The van der Waals surface area contributed by atoms with Crippen LogP contribution in [0.15, 0.2) is 42.7 Å². The minimum atomic E-state index is -4.48. The number of carbonyl (C=O) groups excluding carboxylic acids is 1. The Morgan fingerprint density at radius 1 is 1.25 bits per heavy atom. The van der Waals surface area contributed by atoms with Crippen LogP contribution in [0.4, 0.5) is 13.2 Å². The van der Waals surface area contributed by atoms with Gasteiger partial charge in [0.1, 0.15) is 11.4 Å². The second kappa shape index (κ2) is 6.96. The summed E-state index contributed by atoms with van der Waals surface area (Å²) < 4.78 is 46.3. The summed E-state index contributed by atoms with van der Waals surface area (Å²) in [5.74, 6) is 0.628. The minimum absolute atomic E-state index is 0.0293. The zero-order valence-corrected chi connectivity index (χ0v) is 15.3. The summed E-state index contributed by atoms with van der Waals surface area (Å²) in [6.07, 6.45) is 1.45. The Morgan fingerprint density at radius 2 is 2.04 bits per heavy atom. The van der Waals surface area contributed by atoms with E-state index in [0.29, 0.717) is 23.8 Å². The van der Waals surface area contributed by atoms with Crippen LogP contribution in [0.3, 0.4) is 0 Å². The van der Waals surface area contributed by atoms with E-state index < -0.39 is 17.5 Å². The molecule has 4 rings (SSSR count). The smallest absolute Gasteiger partial charge is 0.416 e. The summed E-state index contributed by atoms with van der Waals surface area (Å²) in [6.45, 7) is 2.25. The van der Waals surface area contributed by atoms with Gasteiger partial charge in [-0.3, -0.25) is 4.79 Å². The molecule has 146 valence electrons. The average Bonchev–Trinajstić information content (AvgIpc) is 3.42. The molecule has 0 radical (unpaired) electrons. The first kappa shape index (κ1) is 18.5. The van der Waals surface area contributed by atoms with Gasteiger partial charge in [-0.15, -0.1) is 0 Å². The zero-order valence-electron chi connectivity index (χ0n) is 15.3. The summed E-state index contributed by atoms with van der Waals surface area (Å²) in [5.41, 5.74) is 1.57. The van der Waals surface area contributed by atoms with Crippen molar-refractivity contribution < 1.29 is 22.7 Å².